The third kappa shape index (κ3) is 4.69. The Morgan fingerprint density at radius 1 is 1.06 bits per heavy atom. The van der Waals surface area contributed by atoms with Gasteiger partial charge in [0.15, 0.2) is 5.65 Å². The molecule has 3 heterocycles. The summed E-state index contributed by atoms with van der Waals surface area (Å²) in [7, 11) is 0. The fraction of sp³-hybridized carbons (Fsp3) is 0.261. The van der Waals surface area contributed by atoms with Crippen LogP contribution in [0.1, 0.15) is 48.1 Å². The Labute approximate surface area is 180 Å². The van der Waals surface area contributed by atoms with Crippen molar-refractivity contribution in [3.63, 3.8) is 0 Å². The highest BCUT2D eigenvalue weighted by atomic mass is 16.1. The van der Waals surface area contributed by atoms with Crippen molar-refractivity contribution in [1.29, 1.82) is 0 Å². The van der Waals surface area contributed by atoms with Gasteiger partial charge in [0.2, 0.25) is 0 Å². The average molecular weight is 416 g/mol. The van der Waals surface area contributed by atoms with E-state index in [-0.39, 0.29) is 11.3 Å². The van der Waals surface area contributed by atoms with Crippen LogP contribution in [0.15, 0.2) is 55.0 Å². The van der Waals surface area contributed by atoms with Gasteiger partial charge in [-0.25, -0.2) is 4.98 Å². The molecule has 0 fully saturated rings. The molecule has 0 spiro atoms. The molecule has 0 bridgehead atoms. The third-order valence-corrected chi connectivity index (χ3v) is 4.90. The zero-order valence-electron chi connectivity index (χ0n) is 18.0. The normalized spacial score (nSPS) is 11.5. The largest absolute Gasteiger partial charge is 0.364 e. The molecule has 4 rings (SSSR count). The van der Waals surface area contributed by atoms with Crippen molar-refractivity contribution in [3.05, 3.63) is 77.5 Å². The van der Waals surface area contributed by atoms with Crippen LogP contribution in [-0.2, 0) is 12.0 Å². The van der Waals surface area contributed by atoms with Gasteiger partial charge in [-0.15, -0.1) is 0 Å². The number of carbonyl (C=O) groups is 1. The molecule has 8 heteroatoms. The number of nitrogens with one attached hydrogen (secondary N) is 2. The Morgan fingerprint density at radius 2 is 1.84 bits per heavy atom. The van der Waals surface area contributed by atoms with Crippen molar-refractivity contribution >= 4 is 23.2 Å². The monoisotopic (exact) mass is 415 g/mol. The fourth-order valence-electron chi connectivity index (χ4n) is 3.10. The molecule has 31 heavy (non-hydrogen) atoms. The zero-order chi connectivity index (χ0) is 22.0. The topological polar surface area (TPSA) is 97.1 Å². The maximum Gasteiger partial charge on any atom is 0.256 e. The summed E-state index contributed by atoms with van der Waals surface area (Å²) in [6.45, 7) is 8.79. The lowest BCUT2D eigenvalue weighted by atomic mass is 9.87. The lowest BCUT2D eigenvalue weighted by Gasteiger charge is -2.19. The number of rotatable bonds is 5. The number of benzene rings is 1. The van der Waals surface area contributed by atoms with Crippen molar-refractivity contribution in [2.45, 2.75) is 39.7 Å². The first kappa shape index (κ1) is 20.5. The molecule has 0 saturated carbocycles. The van der Waals surface area contributed by atoms with E-state index in [2.05, 4.69) is 51.5 Å². The molecule has 1 aromatic carbocycles. The minimum Gasteiger partial charge on any atom is -0.364 e. The number of hydrogen-bond acceptors (Lipinski definition) is 6. The zero-order valence-corrected chi connectivity index (χ0v) is 18.0. The van der Waals surface area contributed by atoms with Gasteiger partial charge in [0.1, 0.15) is 11.6 Å². The minimum absolute atomic E-state index is 0.0337. The molecule has 0 unspecified atom stereocenters. The molecule has 3 aromatic heterocycles. The smallest absolute Gasteiger partial charge is 0.256 e. The molecule has 2 N–H and O–H groups in total. The van der Waals surface area contributed by atoms with Gasteiger partial charge in [-0.1, -0.05) is 32.9 Å². The van der Waals surface area contributed by atoms with Crippen molar-refractivity contribution in [2.24, 2.45) is 0 Å². The molecule has 0 atom stereocenters. The summed E-state index contributed by atoms with van der Waals surface area (Å²) in [5.74, 6) is 0.915. The summed E-state index contributed by atoms with van der Waals surface area (Å²) in [6, 6.07) is 11.2. The summed E-state index contributed by atoms with van der Waals surface area (Å²) in [5.41, 5.74) is 4.07. The highest BCUT2D eigenvalue weighted by Crippen LogP contribution is 2.23. The first-order valence-electron chi connectivity index (χ1n) is 10.1. The molecule has 158 valence electrons. The van der Waals surface area contributed by atoms with Crippen LogP contribution in [0.4, 0.5) is 11.6 Å². The number of aryl methyl sites for hydroxylation is 1. The lowest BCUT2D eigenvalue weighted by Crippen LogP contribution is -2.16. The van der Waals surface area contributed by atoms with Crippen molar-refractivity contribution in [1.82, 2.24) is 24.6 Å². The number of anilines is 2. The van der Waals surface area contributed by atoms with Crippen LogP contribution in [0.3, 0.4) is 0 Å². The van der Waals surface area contributed by atoms with Gasteiger partial charge < -0.3 is 10.6 Å². The van der Waals surface area contributed by atoms with E-state index < -0.39 is 0 Å². The molecular formula is C23H25N7O. The number of carbonyl (C=O) groups excluding carboxylic acids is 1. The van der Waals surface area contributed by atoms with E-state index in [1.165, 1.54) is 5.56 Å². The van der Waals surface area contributed by atoms with E-state index in [9.17, 15) is 4.79 Å². The molecule has 0 aliphatic carbocycles. The molecule has 8 nitrogen and oxygen atoms in total. The van der Waals surface area contributed by atoms with Crippen LogP contribution in [-0.4, -0.2) is 30.5 Å². The first-order valence-corrected chi connectivity index (χ1v) is 10.1. The minimum atomic E-state index is -0.216. The summed E-state index contributed by atoms with van der Waals surface area (Å²) in [6.07, 6.45) is 5.12. The summed E-state index contributed by atoms with van der Waals surface area (Å²) < 4.78 is 1.68. The van der Waals surface area contributed by atoms with E-state index >= 15 is 0 Å². The maximum absolute atomic E-state index is 12.8. The maximum atomic E-state index is 12.8. The number of nitrogens with zero attached hydrogens (tertiary/aromatic N) is 5. The van der Waals surface area contributed by atoms with E-state index in [1.54, 1.807) is 35.2 Å². The summed E-state index contributed by atoms with van der Waals surface area (Å²) in [5, 5.41) is 10.5. The van der Waals surface area contributed by atoms with Gasteiger partial charge in [0.05, 0.1) is 30.3 Å². The molecule has 0 aliphatic heterocycles. The molecule has 0 saturated heterocycles. The van der Waals surface area contributed by atoms with Crippen LogP contribution in [0, 0.1) is 6.92 Å². The second-order valence-corrected chi connectivity index (χ2v) is 8.41. The highest BCUT2D eigenvalue weighted by molar-refractivity contribution is 6.04. The molecular weight excluding hydrogens is 390 g/mol. The van der Waals surface area contributed by atoms with Crippen molar-refractivity contribution < 1.29 is 4.79 Å². The number of hydrogen-bond donors (Lipinski definition) is 2. The second-order valence-electron chi connectivity index (χ2n) is 8.41. The average Bonchev–Trinajstić information content (AvgIpc) is 3.21. The van der Waals surface area contributed by atoms with Gasteiger partial charge in [0, 0.05) is 23.9 Å². The van der Waals surface area contributed by atoms with Crippen LogP contribution >= 0.6 is 0 Å². The molecule has 1 amide bonds. The van der Waals surface area contributed by atoms with Gasteiger partial charge in [0.25, 0.3) is 5.91 Å². The first-order chi connectivity index (χ1) is 14.8. The summed E-state index contributed by atoms with van der Waals surface area (Å²) in [4.78, 5) is 25.9. The standard InChI is InChI=1S/C23H25N7O/c1-15-12-25-18(13-24-15)14-26-21-11-19(28-20-9-10-27-30(20)21)29-22(31)16-5-7-17(8-6-16)23(2,3)4/h5-13,26H,14H2,1-4H3,(H,28,29,31). The Hall–Kier alpha value is -3.81. The van der Waals surface area contributed by atoms with Gasteiger partial charge in [-0.3, -0.25) is 14.8 Å². The fourth-order valence-corrected chi connectivity index (χ4v) is 3.10. The predicted octanol–water partition coefficient (Wildman–Crippen LogP) is 3.99. The van der Waals surface area contributed by atoms with Crippen LogP contribution in [0.5, 0.6) is 0 Å². The lowest BCUT2D eigenvalue weighted by molar-refractivity contribution is 0.102. The van der Waals surface area contributed by atoms with E-state index in [4.69, 9.17) is 0 Å². The summed E-state index contributed by atoms with van der Waals surface area (Å²) >= 11 is 0. The van der Waals surface area contributed by atoms with E-state index in [0.29, 0.717) is 29.4 Å². The van der Waals surface area contributed by atoms with E-state index in [0.717, 1.165) is 11.4 Å². The predicted molar refractivity (Wildman–Crippen MR) is 120 cm³/mol. The van der Waals surface area contributed by atoms with Gasteiger partial charge >= 0.3 is 0 Å². The van der Waals surface area contributed by atoms with Crippen molar-refractivity contribution in [2.75, 3.05) is 10.6 Å². The molecule has 4 aromatic rings. The Balaban J connectivity index is 1.53. The van der Waals surface area contributed by atoms with Crippen LogP contribution < -0.4 is 10.6 Å². The molecule has 0 radical (unpaired) electrons. The number of fused-ring (bicyclic) bond motifs is 1. The highest BCUT2D eigenvalue weighted by Gasteiger charge is 2.15. The molecule has 0 aliphatic rings. The quantitative estimate of drug-likeness (QED) is 0.512. The van der Waals surface area contributed by atoms with E-state index in [1.807, 2.05) is 31.2 Å². The van der Waals surface area contributed by atoms with Gasteiger partial charge in [-0.2, -0.15) is 9.61 Å². The van der Waals surface area contributed by atoms with Crippen molar-refractivity contribution in [3.8, 4) is 0 Å². The Kier molecular flexibility index (Phi) is 5.37. The van der Waals surface area contributed by atoms with Crippen LogP contribution in [0.2, 0.25) is 0 Å². The number of amides is 1. The van der Waals surface area contributed by atoms with Crippen LogP contribution in [0.25, 0.3) is 5.65 Å². The van der Waals surface area contributed by atoms with Gasteiger partial charge in [-0.05, 0) is 30.0 Å². The Bertz CT molecular complexity index is 1210. The third-order valence-electron chi connectivity index (χ3n) is 4.90. The SMILES string of the molecule is Cc1cnc(CNc2cc(NC(=O)c3ccc(C(C)(C)C)cc3)nc3ccnn23)cn1. The Morgan fingerprint density at radius 3 is 2.52 bits per heavy atom. The second kappa shape index (κ2) is 8.14. The number of aromatic nitrogens is 5.